The first-order valence-electron chi connectivity index (χ1n) is 7.68. The summed E-state index contributed by atoms with van der Waals surface area (Å²) in [6, 6.07) is 13.6. The molecule has 0 N–H and O–H groups in total. The Labute approximate surface area is 144 Å². The largest absolute Gasteiger partial charge is 1.00 e. The van der Waals surface area contributed by atoms with Gasteiger partial charge in [-0.3, -0.25) is 0 Å². The van der Waals surface area contributed by atoms with Crippen molar-refractivity contribution in [2.45, 2.75) is 39.2 Å². The van der Waals surface area contributed by atoms with Crippen LogP contribution in [0.4, 0.5) is 0 Å². The van der Waals surface area contributed by atoms with Crippen LogP contribution in [0.1, 0.15) is 43.1 Å². The Balaban J connectivity index is 0.00000264. The van der Waals surface area contributed by atoms with Crippen molar-refractivity contribution in [3.05, 3.63) is 66.0 Å². The third-order valence-electron chi connectivity index (χ3n) is 3.56. The zero-order valence-electron chi connectivity index (χ0n) is 14.0. The quantitative estimate of drug-likeness (QED) is 0.454. The fourth-order valence-electron chi connectivity index (χ4n) is 2.19. The number of ether oxygens (including phenoxy) is 1. The number of esters is 1. The normalized spacial score (nSPS) is 10.7. The van der Waals surface area contributed by atoms with Crippen LogP contribution in [0.3, 0.4) is 0 Å². The van der Waals surface area contributed by atoms with Gasteiger partial charge in [-0.05, 0) is 23.1 Å². The molecule has 4 heteroatoms. The molecule has 0 atom stereocenters. The second-order valence-corrected chi connectivity index (χ2v) is 6.43. The topological polar surface area (TPSA) is 30.2 Å². The molecule has 1 heterocycles. The molecule has 0 spiro atoms. The highest BCUT2D eigenvalue weighted by Gasteiger charge is 2.14. The Kier molecular flexibility index (Phi) is 7.24. The summed E-state index contributed by atoms with van der Waals surface area (Å²) in [5.41, 5.74) is 1.92. The van der Waals surface area contributed by atoms with E-state index in [0.717, 1.165) is 13.0 Å². The molecule has 0 unspecified atom stereocenters. The predicted octanol–water partition coefficient (Wildman–Crippen LogP) is 0.523. The number of halogens is 1. The number of rotatable bonds is 5. The molecular weight excluding hydrogens is 310 g/mol. The molecule has 1 aromatic carbocycles. The van der Waals surface area contributed by atoms with Gasteiger partial charge in [0.25, 0.3) is 0 Å². The van der Waals surface area contributed by atoms with E-state index >= 15 is 0 Å². The minimum Gasteiger partial charge on any atom is -1.00 e. The number of aryl methyl sites for hydroxylation is 1. The summed E-state index contributed by atoms with van der Waals surface area (Å²) < 4.78 is 7.40. The number of hydrogen-bond donors (Lipinski definition) is 0. The highest BCUT2D eigenvalue weighted by Crippen LogP contribution is 2.22. The summed E-state index contributed by atoms with van der Waals surface area (Å²) in [5, 5.41) is 0. The van der Waals surface area contributed by atoms with E-state index in [1.54, 1.807) is 0 Å². The molecule has 0 aliphatic rings. The van der Waals surface area contributed by atoms with E-state index in [0.29, 0.717) is 12.2 Å². The van der Waals surface area contributed by atoms with Gasteiger partial charge in [0.1, 0.15) is 0 Å². The maximum Gasteiger partial charge on any atom is 0.338 e. The Bertz CT molecular complexity index is 604. The lowest BCUT2D eigenvalue weighted by atomic mass is 9.87. The zero-order chi connectivity index (χ0) is 16.0. The monoisotopic (exact) mass is 333 g/mol. The van der Waals surface area contributed by atoms with Gasteiger partial charge in [0, 0.05) is 18.6 Å². The maximum absolute atomic E-state index is 12.0. The molecule has 0 bridgehead atoms. The van der Waals surface area contributed by atoms with Gasteiger partial charge in [0.05, 0.1) is 12.2 Å². The minimum absolute atomic E-state index is 0. The Hall–Kier alpha value is -1.87. The van der Waals surface area contributed by atoms with Gasteiger partial charge in [-0.25, -0.2) is 9.36 Å². The van der Waals surface area contributed by atoms with Crippen LogP contribution in [0.15, 0.2) is 54.9 Å². The van der Waals surface area contributed by atoms with Gasteiger partial charge in [0.2, 0.25) is 0 Å². The second-order valence-electron chi connectivity index (χ2n) is 6.43. The Morgan fingerprint density at radius 3 is 2.22 bits per heavy atom. The minimum atomic E-state index is -0.251. The molecule has 0 aliphatic carbocycles. The first-order chi connectivity index (χ1) is 10.5. The number of nitrogens with zero attached hydrogens (tertiary/aromatic N) is 1. The van der Waals surface area contributed by atoms with E-state index in [9.17, 15) is 4.79 Å². The Morgan fingerprint density at radius 1 is 1.04 bits per heavy atom. The molecule has 0 aliphatic heterocycles. The molecule has 0 radical (unpaired) electrons. The third kappa shape index (κ3) is 6.03. The van der Waals surface area contributed by atoms with E-state index in [1.807, 2.05) is 54.9 Å². The second kappa shape index (κ2) is 8.68. The molecule has 0 fully saturated rings. The summed E-state index contributed by atoms with van der Waals surface area (Å²) >= 11 is 0. The lowest BCUT2D eigenvalue weighted by Gasteiger charge is -2.18. The van der Waals surface area contributed by atoms with Gasteiger partial charge < -0.3 is 17.1 Å². The number of carbonyl (C=O) groups excluding carboxylic acids is 1. The van der Waals surface area contributed by atoms with Gasteiger partial charge >= 0.3 is 5.97 Å². The van der Waals surface area contributed by atoms with Crippen LogP contribution in [0.5, 0.6) is 0 Å². The summed E-state index contributed by atoms with van der Waals surface area (Å²) in [6.07, 6.45) is 4.82. The molecule has 2 rings (SSSR count). The molecule has 1 aromatic heterocycles. The van der Waals surface area contributed by atoms with Crippen molar-refractivity contribution in [1.82, 2.24) is 0 Å². The van der Waals surface area contributed by atoms with Gasteiger partial charge in [-0.2, -0.15) is 0 Å². The third-order valence-corrected chi connectivity index (χ3v) is 3.56. The van der Waals surface area contributed by atoms with Crippen molar-refractivity contribution in [3.63, 3.8) is 0 Å². The highest BCUT2D eigenvalue weighted by molar-refractivity contribution is 5.89. The van der Waals surface area contributed by atoms with Crippen LogP contribution in [-0.4, -0.2) is 12.6 Å². The van der Waals surface area contributed by atoms with E-state index in [-0.39, 0.29) is 23.8 Å². The molecule has 2 aromatic rings. The average Bonchev–Trinajstić information content (AvgIpc) is 2.52. The van der Waals surface area contributed by atoms with E-state index in [1.165, 1.54) is 5.56 Å². The van der Waals surface area contributed by atoms with Gasteiger partial charge in [0.15, 0.2) is 18.9 Å². The van der Waals surface area contributed by atoms with Crippen molar-refractivity contribution in [1.29, 1.82) is 0 Å². The van der Waals surface area contributed by atoms with Gasteiger partial charge in [-0.15, -0.1) is 0 Å². The first kappa shape index (κ1) is 19.2. The number of aromatic nitrogens is 1. The number of hydrogen-bond acceptors (Lipinski definition) is 2. The Morgan fingerprint density at radius 2 is 1.65 bits per heavy atom. The molecule has 23 heavy (non-hydrogen) atoms. The number of benzene rings is 1. The van der Waals surface area contributed by atoms with Crippen molar-refractivity contribution >= 4 is 5.97 Å². The number of pyridine rings is 1. The van der Waals surface area contributed by atoms with Crippen LogP contribution in [0, 0.1) is 0 Å². The lowest BCUT2D eigenvalue weighted by Crippen LogP contribution is -3.00. The zero-order valence-corrected chi connectivity index (χ0v) is 14.7. The van der Waals surface area contributed by atoms with Gasteiger partial charge in [-0.1, -0.05) is 39.0 Å². The summed E-state index contributed by atoms with van der Waals surface area (Å²) in [4.78, 5) is 12.0. The fourth-order valence-corrected chi connectivity index (χ4v) is 2.19. The first-order valence-corrected chi connectivity index (χ1v) is 7.68. The van der Waals surface area contributed by atoms with Crippen LogP contribution in [-0.2, 0) is 16.7 Å². The fraction of sp³-hybridized carbons (Fsp3) is 0.368. The van der Waals surface area contributed by atoms with E-state index in [2.05, 4.69) is 25.3 Å². The summed E-state index contributed by atoms with van der Waals surface area (Å²) in [6.45, 7) is 7.74. The van der Waals surface area contributed by atoms with Crippen molar-refractivity contribution < 1.29 is 26.5 Å². The maximum atomic E-state index is 12.0. The molecule has 124 valence electrons. The standard InChI is InChI=1S/C19H24NO2.ClH/c1-19(2,3)17-10-8-16(9-11-17)18(21)22-15-7-14-20-12-5-4-6-13-20;/h4-6,8-13H,7,14-15H2,1-3H3;1H/q+1;/p-1. The molecule has 0 saturated carbocycles. The molecule has 0 saturated heterocycles. The van der Waals surface area contributed by atoms with E-state index in [4.69, 9.17) is 4.74 Å². The smallest absolute Gasteiger partial charge is 0.338 e. The van der Waals surface area contributed by atoms with E-state index < -0.39 is 0 Å². The summed E-state index contributed by atoms with van der Waals surface area (Å²) in [7, 11) is 0. The predicted molar refractivity (Wildman–Crippen MR) is 86.7 cm³/mol. The van der Waals surface area contributed by atoms with Crippen molar-refractivity contribution in [2.24, 2.45) is 0 Å². The highest BCUT2D eigenvalue weighted by atomic mass is 35.5. The van der Waals surface area contributed by atoms with Crippen LogP contribution >= 0.6 is 0 Å². The summed E-state index contributed by atoms with van der Waals surface area (Å²) in [5.74, 6) is -0.251. The molecule has 0 amide bonds. The van der Waals surface area contributed by atoms with Crippen molar-refractivity contribution in [3.8, 4) is 0 Å². The van der Waals surface area contributed by atoms with Crippen LogP contribution in [0.25, 0.3) is 0 Å². The van der Waals surface area contributed by atoms with Crippen molar-refractivity contribution in [2.75, 3.05) is 6.61 Å². The molecular formula is C19H24ClNO2. The average molecular weight is 334 g/mol. The van der Waals surface area contributed by atoms with Crippen LogP contribution < -0.4 is 17.0 Å². The van der Waals surface area contributed by atoms with Crippen LogP contribution in [0.2, 0.25) is 0 Å². The lowest BCUT2D eigenvalue weighted by molar-refractivity contribution is -0.697. The number of carbonyl (C=O) groups is 1. The molecule has 3 nitrogen and oxygen atoms in total. The SMILES string of the molecule is CC(C)(C)c1ccc(C(=O)OCCC[n+]2ccccc2)cc1.[Cl-].